The molecular weight excluding hydrogens is 194 g/mol. The Balaban J connectivity index is 2.53. The average molecular weight is 213 g/mol. The van der Waals surface area contributed by atoms with E-state index in [9.17, 15) is 0 Å². The molecule has 0 unspecified atom stereocenters. The molecule has 0 amide bonds. The van der Waals surface area contributed by atoms with E-state index in [4.69, 9.17) is 0 Å². The Morgan fingerprint density at radius 3 is 2.86 bits per heavy atom. The van der Waals surface area contributed by atoms with Gasteiger partial charge in [-0.2, -0.15) is 11.8 Å². The zero-order valence-electron chi connectivity index (χ0n) is 9.37. The van der Waals surface area contributed by atoms with Gasteiger partial charge in [-0.1, -0.05) is 0 Å². The minimum absolute atomic E-state index is 0.254. The molecule has 0 bridgehead atoms. The van der Waals surface area contributed by atoms with Gasteiger partial charge < -0.3 is 9.88 Å². The molecule has 3 nitrogen and oxygen atoms in total. The smallest absolute Gasteiger partial charge is 0.202 e. The first-order chi connectivity index (χ1) is 6.59. The van der Waals surface area contributed by atoms with Crippen molar-refractivity contribution in [2.45, 2.75) is 32.1 Å². The fourth-order valence-electron chi connectivity index (χ4n) is 1.10. The van der Waals surface area contributed by atoms with E-state index >= 15 is 0 Å². The Bertz CT molecular complexity index is 281. The summed E-state index contributed by atoms with van der Waals surface area (Å²) < 4.78 is 2.36. The Morgan fingerprint density at radius 1 is 1.57 bits per heavy atom. The molecule has 0 saturated carbocycles. The van der Waals surface area contributed by atoms with Gasteiger partial charge in [-0.15, -0.1) is 0 Å². The zero-order chi connectivity index (χ0) is 10.6. The first-order valence-corrected chi connectivity index (χ1v) is 6.11. The number of aryl methyl sites for hydroxylation is 1. The quantitative estimate of drug-likeness (QED) is 0.815. The molecule has 1 heterocycles. The Labute approximate surface area is 90.3 Å². The van der Waals surface area contributed by atoms with Gasteiger partial charge in [0.05, 0.1) is 0 Å². The number of anilines is 1. The monoisotopic (exact) mass is 213 g/mol. The lowest BCUT2D eigenvalue weighted by molar-refractivity contribution is 0.719. The Morgan fingerprint density at radius 2 is 2.29 bits per heavy atom. The van der Waals surface area contributed by atoms with E-state index in [1.54, 1.807) is 0 Å². The fourth-order valence-corrected chi connectivity index (χ4v) is 1.31. The third-order valence-electron chi connectivity index (χ3n) is 2.28. The van der Waals surface area contributed by atoms with Crippen LogP contribution in [-0.2, 0) is 6.54 Å². The molecule has 0 aliphatic heterocycles. The van der Waals surface area contributed by atoms with Crippen LogP contribution < -0.4 is 5.32 Å². The highest BCUT2D eigenvalue weighted by Crippen LogP contribution is 2.21. The van der Waals surface area contributed by atoms with Crippen LogP contribution >= 0.6 is 11.8 Å². The van der Waals surface area contributed by atoms with E-state index in [0.717, 1.165) is 19.0 Å². The molecule has 4 heteroatoms. The highest BCUT2D eigenvalue weighted by molar-refractivity contribution is 7.99. The van der Waals surface area contributed by atoms with Crippen LogP contribution in [0, 0.1) is 0 Å². The normalized spacial score (nSPS) is 11.7. The van der Waals surface area contributed by atoms with Crippen molar-refractivity contribution in [2.75, 3.05) is 18.1 Å². The van der Waals surface area contributed by atoms with Crippen LogP contribution in [0.4, 0.5) is 5.95 Å². The van der Waals surface area contributed by atoms with Crippen molar-refractivity contribution in [1.82, 2.24) is 9.55 Å². The maximum absolute atomic E-state index is 4.27. The standard InChI is InChI=1S/C10H19N3S/c1-5-13-7-6-11-9(13)12-8-10(2,3)14-4/h6-7H,5,8H2,1-4H3,(H,11,12). The minimum atomic E-state index is 0.254. The first kappa shape index (κ1) is 11.4. The van der Waals surface area contributed by atoms with E-state index in [1.807, 2.05) is 24.2 Å². The summed E-state index contributed by atoms with van der Waals surface area (Å²) in [6, 6.07) is 0. The largest absolute Gasteiger partial charge is 0.354 e. The summed E-state index contributed by atoms with van der Waals surface area (Å²) in [5, 5.41) is 3.37. The van der Waals surface area contributed by atoms with E-state index < -0.39 is 0 Å². The molecule has 0 aliphatic rings. The molecule has 1 N–H and O–H groups in total. The molecule has 0 spiro atoms. The zero-order valence-corrected chi connectivity index (χ0v) is 10.2. The predicted octanol–water partition coefficient (Wildman–Crippen LogP) is 2.46. The summed E-state index contributed by atoms with van der Waals surface area (Å²) in [6.45, 7) is 8.47. The van der Waals surface area contributed by atoms with Crippen LogP contribution in [0.5, 0.6) is 0 Å². The lowest BCUT2D eigenvalue weighted by Crippen LogP contribution is -2.27. The van der Waals surface area contributed by atoms with E-state index in [1.165, 1.54) is 0 Å². The van der Waals surface area contributed by atoms with Crippen molar-refractivity contribution in [2.24, 2.45) is 0 Å². The topological polar surface area (TPSA) is 29.9 Å². The van der Waals surface area contributed by atoms with Crippen molar-refractivity contribution in [1.29, 1.82) is 0 Å². The Kier molecular flexibility index (Phi) is 3.86. The van der Waals surface area contributed by atoms with E-state index in [0.29, 0.717) is 0 Å². The van der Waals surface area contributed by atoms with Gasteiger partial charge in [-0.25, -0.2) is 4.98 Å². The van der Waals surface area contributed by atoms with Crippen molar-refractivity contribution >= 4 is 17.7 Å². The van der Waals surface area contributed by atoms with Crippen LogP contribution in [0.2, 0.25) is 0 Å². The minimum Gasteiger partial charge on any atom is -0.354 e. The van der Waals surface area contributed by atoms with Crippen molar-refractivity contribution in [3.8, 4) is 0 Å². The number of nitrogens with zero attached hydrogens (tertiary/aromatic N) is 2. The van der Waals surface area contributed by atoms with Crippen molar-refractivity contribution in [3.05, 3.63) is 12.4 Å². The number of rotatable bonds is 5. The number of nitrogens with one attached hydrogen (secondary N) is 1. The van der Waals surface area contributed by atoms with Gasteiger partial charge in [0.1, 0.15) is 0 Å². The van der Waals surface area contributed by atoms with Crippen LogP contribution in [0.3, 0.4) is 0 Å². The maximum atomic E-state index is 4.27. The number of imidazole rings is 1. The van der Waals surface area contributed by atoms with Gasteiger partial charge in [-0.3, -0.25) is 0 Å². The van der Waals surface area contributed by atoms with Gasteiger partial charge >= 0.3 is 0 Å². The molecule has 0 aliphatic carbocycles. The molecule has 0 aromatic carbocycles. The van der Waals surface area contributed by atoms with Gasteiger partial charge in [0.25, 0.3) is 0 Å². The second-order valence-corrected chi connectivity index (χ2v) is 5.37. The molecule has 1 aromatic rings. The SMILES string of the molecule is CCn1ccnc1NCC(C)(C)SC. The molecule has 0 fully saturated rings. The molecule has 0 atom stereocenters. The number of hydrogen-bond donors (Lipinski definition) is 1. The average Bonchev–Trinajstić information content (AvgIpc) is 2.62. The van der Waals surface area contributed by atoms with E-state index in [-0.39, 0.29) is 4.75 Å². The molecule has 80 valence electrons. The maximum Gasteiger partial charge on any atom is 0.202 e. The summed E-state index contributed by atoms with van der Waals surface area (Å²) >= 11 is 1.86. The molecule has 1 aromatic heterocycles. The molecule has 0 radical (unpaired) electrons. The number of hydrogen-bond acceptors (Lipinski definition) is 3. The van der Waals surface area contributed by atoms with Crippen molar-refractivity contribution in [3.63, 3.8) is 0 Å². The summed E-state index contributed by atoms with van der Waals surface area (Å²) in [4.78, 5) is 4.27. The molecule has 0 saturated heterocycles. The second kappa shape index (κ2) is 4.73. The predicted molar refractivity (Wildman–Crippen MR) is 64.0 cm³/mol. The fraction of sp³-hybridized carbons (Fsp3) is 0.700. The third kappa shape index (κ3) is 2.94. The number of aromatic nitrogens is 2. The van der Waals surface area contributed by atoms with Gasteiger partial charge in [-0.05, 0) is 27.0 Å². The highest BCUT2D eigenvalue weighted by atomic mass is 32.2. The molecule has 14 heavy (non-hydrogen) atoms. The van der Waals surface area contributed by atoms with Gasteiger partial charge in [0.2, 0.25) is 5.95 Å². The first-order valence-electron chi connectivity index (χ1n) is 4.89. The lowest BCUT2D eigenvalue weighted by Gasteiger charge is -2.22. The molecular formula is C10H19N3S. The van der Waals surface area contributed by atoms with Crippen LogP contribution in [0.15, 0.2) is 12.4 Å². The summed E-state index contributed by atoms with van der Waals surface area (Å²) in [6.07, 6.45) is 5.96. The summed E-state index contributed by atoms with van der Waals surface area (Å²) in [5.41, 5.74) is 0. The number of thioether (sulfide) groups is 1. The van der Waals surface area contributed by atoms with Crippen LogP contribution in [-0.4, -0.2) is 27.1 Å². The van der Waals surface area contributed by atoms with E-state index in [2.05, 4.69) is 41.9 Å². The third-order valence-corrected chi connectivity index (χ3v) is 3.53. The highest BCUT2D eigenvalue weighted by Gasteiger charge is 2.16. The summed E-state index contributed by atoms with van der Waals surface area (Å²) in [5.74, 6) is 0.967. The second-order valence-electron chi connectivity index (χ2n) is 3.85. The summed E-state index contributed by atoms with van der Waals surface area (Å²) in [7, 11) is 0. The Hall–Kier alpha value is -0.640. The van der Waals surface area contributed by atoms with Crippen LogP contribution in [0.25, 0.3) is 0 Å². The van der Waals surface area contributed by atoms with Gasteiger partial charge in [0, 0.05) is 30.2 Å². The van der Waals surface area contributed by atoms with Crippen molar-refractivity contribution < 1.29 is 0 Å². The van der Waals surface area contributed by atoms with Crippen LogP contribution in [0.1, 0.15) is 20.8 Å². The lowest BCUT2D eigenvalue weighted by atomic mass is 10.2. The van der Waals surface area contributed by atoms with Gasteiger partial charge in [0.15, 0.2) is 0 Å². The molecule has 1 rings (SSSR count).